The van der Waals surface area contributed by atoms with E-state index in [0.29, 0.717) is 31.0 Å². The normalized spacial score (nSPS) is 17.5. The zero-order valence-corrected chi connectivity index (χ0v) is 20.8. The first-order chi connectivity index (χ1) is 17.1. The lowest BCUT2D eigenvalue weighted by molar-refractivity contribution is -0.170. The molecule has 2 aromatic carbocycles. The van der Waals surface area contributed by atoms with Crippen LogP contribution < -0.4 is 5.32 Å². The number of hydrogen-bond acceptors (Lipinski definition) is 7. The van der Waals surface area contributed by atoms with E-state index < -0.39 is 35.0 Å². The van der Waals surface area contributed by atoms with Crippen molar-refractivity contribution in [1.82, 2.24) is 15.3 Å². The number of piperidine rings is 1. The number of imide groups is 1. The Labute approximate surface area is 210 Å². The molecule has 9 heteroatoms. The Balaban J connectivity index is 1.44. The van der Waals surface area contributed by atoms with Crippen molar-refractivity contribution in [2.24, 2.45) is 0 Å². The molecule has 0 spiro atoms. The Kier molecular flexibility index (Phi) is 7.12. The fourth-order valence-corrected chi connectivity index (χ4v) is 4.51. The van der Waals surface area contributed by atoms with E-state index >= 15 is 0 Å². The number of alkyl carbamates (subject to hydrolysis) is 1. The van der Waals surface area contributed by atoms with Crippen molar-refractivity contribution < 1.29 is 28.8 Å². The molecule has 190 valence electrons. The summed E-state index contributed by atoms with van der Waals surface area (Å²) in [4.78, 5) is 58.3. The lowest BCUT2D eigenvalue weighted by atomic mass is 9.84. The molecule has 0 bridgehead atoms. The van der Waals surface area contributed by atoms with Gasteiger partial charge in [-0.3, -0.25) is 14.5 Å². The van der Waals surface area contributed by atoms with Crippen LogP contribution in [0.1, 0.15) is 66.3 Å². The average Bonchev–Trinajstić information content (AvgIpc) is 3.05. The summed E-state index contributed by atoms with van der Waals surface area (Å²) >= 11 is 0. The van der Waals surface area contributed by atoms with E-state index in [-0.39, 0.29) is 17.5 Å². The molecular formula is C27H31N3O6. The molecule has 0 saturated carbocycles. The van der Waals surface area contributed by atoms with Crippen molar-refractivity contribution in [3.8, 4) is 0 Å². The maximum Gasteiger partial charge on any atom is 0.408 e. The van der Waals surface area contributed by atoms with Gasteiger partial charge < -0.3 is 14.9 Å². The number of nitrogens with one attached hydrogen (secondary N) is 1. The smallest absolute Gasteiger partial charge is 0.408 e. The number of hydrogen-bond donors (Lipinski definition) is 1. The molecule has 0 atom stereocenters. The molecule has 9 nitrogen and oxygen atoms in total. The van der Waals surface area contributed by atoms with Crippen molar-refractivity contribution in [1.29, 1.82) is 0 Å². The molecule has 1 saturated heterocycles. The van der Waals surface area contributed by atoms with E-state index in [1.54, 1.807) is 32.9 Å². The van der Waals surface area contributed by atoms with Gasteiger partial charge in [-0.2, -0.15) is 0 Å². The van der Waals surface area contributed by atoms with Gasteiger partial charge in [0, 0.05) is 19.6 Å². The standard InChI is InChI=1S/C27H31N3O6/c1-26(2,3)35-25(34)28-27(13-15-29(16-14-27)18-19-9-5-4-6-10-19)17-22(31)36-30-23(32)20-11-7-8-12-21(20)24(30)33/h4-12H,13-18H2,1-3H3,(H,28,34). The number of rotatable bonds is 6. The number of benzene rings is 2. The van der Waals surface area contributed by atoms with Gasteiger partial charge in [0.2, 0.25) is 0 Å². The van der Waals surface area contributed by atoms with Gasteiger partial charge in [-0.25, -0.2) is 9.59 Å². The van der Waals surface area contributed by atoms with Crippen LogP contribution in [0.15, 0.2) is 54.6 Å². The molecule has 2 heterocycles. The topological polar surface area (TPSA) is 105 Å². The number of amides is 3. The van der Waals surface area contributed by atoms with Gasteiger partial charge in [-0.15, -0.1) is 0 Å². The minimum atomic E-state index is -0.939. The lowest BCUT2D eigenvalue weighted by Crippen LogP contribution is -2.57. The molecule has 0 radical (unpaired) electrons. The third-order valence-corrected chi connectivity index (χ3v) is 6.26. The first-order valence-corrected chi connectivity index (χ1v) is 12.0. The first-order valence-electron chi connectivity index (χ1n) is 12.0. The van der Waals surface area contributed by atoms with Crippen LogP contribution in [-0.4, -0.2) is 58.1 Å². The first kappa shape index (κ1) is 25.4. The largest absolute Gasteiger partial charge is 0.444 e. The zero-order chi connectivity index (χ0) is 25.9. The molecule has 3 amide bonds. The van der Waals surface area contributed by atoms with Crippen molar-refractivity contribution in [2.45, 2.75) is 57.7 Å². The Morgan fingerprint density at radius 1 is 0.917 bits per heavy atom. The van der Waals surface area contributed by atoms with Crippen molar-refractivity contribution in [2.75, 3.05) is 13.1 Å². The molecule has 1 fully saturated rings. The molecule has 0 aliphatic carbocycles. The summed E-state index contributed by atoms with van der Waals surface area (Å²) in [7, 11) is 0. The second kappa shape index (κ2) is 10.1. The van der Waals surface area contributed by atoms with E-state index in [1.807, 2.05) is 18.2 Å². The molecular weight excluding hydrogens is 462 g/mol. The van der Waals surface area contributed by atoms with Crippen LogP contribution in [0.5, 0.6) is 0 Å². The Morgan fingerprint density at radius 2 is 1.47 bits per heavy atom. The van der Waals surface area contributed by atoms with Gasteiger partial charge in [-0.05, 0) is 51.3 Å². The molecule has 0 aromatic heterocycles. The second-order valence-corrected chi connectivity index (χ2v) is 10.3. The molecule has 2 aliphatic rings. The van der Waals surface area contributed by atoms with Gasteiger partial charge >= 0.3 is 12.1 Å². The van der Waals surface area contributed by atoms with Crippen LogP contribution in [0, 0.1) is 0 Å². The summed E-state index contributed by atoms with van der Waals surface area (Å²) < 4.78 is 5.44. The lowest BCUT2D eigenvalue weighted by Gasteiger charge is -2.42. The fourth-order valence-electron chi connectivity index (χ4n) is 4.51. The number of likely N-dealkylation sites (tertiary alicyclic amines) is 1. The van der Waals surface area contributed by atoms with Crippen LogP contribution in [0.2, 0.25) is 0 Å². The Bertz CT molecular complexity index is 1110. The highest BCUT2D eigenvalue weighted by Gasteiger charge is 2.43. The van der Waals surface area contributed by atoms with Gasteiger partial charge in [-0.1, -0.05) is 47.5 Å². The molecule has 1 N–H and O–H groups in total. The Hall–Kier alpha value is -3.72. The quantitative estimate of drug-likeness (QED) is 0.612. The number of carbonyl (C=O) groups excluding carboxylic acids is 4. The Morgan fingerprint density at radius 3 is 2.03 bits per heavy atom. The predicted molar refractivity (Wildman–Crippen MR) is 131 cm³/mol. The van der Waals surface area contributed by atoms with Gasteiger partial charge in [0.05, 0.1) is 23.1 Å². The number of fused-ring (bicyclic) bond motifs is 1. The van der Waals surface area contributed by atoms with Crippen molar-refractivity contribution >= 4 is 23.9 Å². The highest BCUT2D eigenvalue weighted by Crippen LogP contribution is 2.29. The third kappa shape index (κ3) is 5.91. The number of nitrogens with zero attached hydrogens (tertiary/aromatic N) is 2. The molecule has 36 heavy (non-hydrogen) atoms. The SMILES string of the molecule is CC(C)(C)OC(=O)NC1(CC(=O)ON2C(=O)c3ccccc3C2=O)CCN(Cc2ccccc2)CC1. The minimum Gasteiger partial charge on any atom is -0.444 e. The molecule has 4 rings (SSSR count). The predicted octanol–water partition coefficient (Wildman–Crippen LogP) is 3.69. The van der Waals surface area contributed by atoms with Crippen LogP contribution >= 0.6 is 0 Å². The fraction of sp³-hybridized carbons (Fsp3) is 0.407. The summed E-state index contributed by atoms with van der Waals surface area (Å²) in [6, 6.07) is 16.4. The maximum atomic E-state index is 13.0. The van der Waals surface area contributed by atoms with E-state index in [1.165, 1.54) is 17.7 Å². The van der Waals surface area contributed by atoms with E-state index in [0.717, 1.165) is 6.54 Å². The van der Waals surface area contributed by atoms with Crippen LogP contribution in [0.4, 0.5) is 4.79 Å². The van der Waals surface area contributed by atoms with Gasteiger partial charge in [0.1, 0.15) is 5.60 Å². The summed E-state index contributed by atoms with van der Waals surface area (Å²) in [5, 5.41) is 3.39. The summed E-state index contributed by atoms with van der Waals surface area (Å²) in [5.74, 6) is -2.15. The monoisotopic (exact) mass is 493 g/mol. The second-order valence-electron chi connectivity index (χ2n) is 10.3. The van der Waals surface area contributed by atoms with E-state index in [9.17, 15) is 19.2 Å². The number of carbonyl (C=O) groups is 4. The average molecular weight is 494 g/mol. The van der Waals surface area contributed by atoms with Gasteiger partial charge in [0.15, 0.2) is 0 Å². The molecule has 0 unspecified atom stereocenters. The van der Waals surface area contributed by atoms with E-state index in [4.69, 9.17) is 9.57 Å². The molecule has 2 aromatic rings. The minimum absolute atomic E-state index is 0.186. The van der Waals surface area contributed by atoms with Crippen molar-refractivity contribution in [3.63, 3.8) is 0 Å². The third-order valence-electron chi connectivity index (χ3n) is 6.26. The van der Waals surface area contributed by atoms with E-state index in [2.05, 4.69) is 22.3 Å². The summed E-state index contributed by atoms with van der Waals surface area (Å²) in [5.41, 5.74) is -0.0991. The highest BCUT2D eigenvalue weighted by atomic mass is 16.7. The molecule has 2 aliphatic heterocycles. The number of ether oxygens (including phenoxy) is 1. The highest BCUT2D eigenvalue weighted by molar-refractivity contribution is 6.20. The van der Waals surface area contributed by atoms with Crippen molar-refractivity contribution in [3.05, 3.63) is 71.3 Å². The maximum absolute atomic E-state index is 13.0. The van der Waals surface area contributed by atoms with Crippen LogP contribution in [-0.2, 0) is 20.9 Å². The van der Waals surface area contributed by atoms with Crippen LogP contribution in [0.25, 0.3) is 0 Å². The van der Waals surface area contributed by atoms with Gasteiger partial charge in [0.25, 0.3) is 11.8 Å². The summed E-state index contributed by atoms with van der Waals surface area (Å²) in [6.07, 6.45) is 0.0957. The number of hydroxylamine groups is 2. The summed E-state index contributed by atoms with van der Waals surface area (Å²) in [6.45, 7) is 7.30. The zero-order valence-electron chi connectivity index (χ0n) is 20.8. The van der Waals surface area contributed by atoms with Crippen LogP contribution in [0.3, 0.4) is 0 Å².